The number of nitrogens with two attached hydrogens (primary N) is 1. The highest BCUT2D eigenvalue weighted by Gasteiger charge is 2.21. The Labute approximate surface area is 196 Å². The number of ether oxygens (including phenoxy) is 1. The average molecular weight is 474 g/mol. The fraction of sp³-hybridized carbons (Fsp3) is 0.476. The van der Waals surface area contributed by atoms with Crippen LogP contribution in [-0.2, 0) is 11.3 Å². The molecule has 1 aliphatic heterocycles. The molecule has 3 aromatic rings. The quantitative estimate of drug-likeness (QED) is 0.488. The van der Waals surface area contributed by atoms with E-state index < -0.39 is 0 Å². The number of anilines is 2. The number of rotatable bonds is 8. The van der Waals surface area contributed by atoms with E-state index in [-0.39, 0.29) is 17.0 Å². The zero-order valence-corrected chi connectivity index (χ0v) is 19.8. The first-order chi connectivity index (χ1) is 15.9. The summed E-state index contributed by atoms with van der Waals surface area (Å²) in [6.45, 7) is 6.78. The van der Waals surface area contributed by atoms with Crippen molar-refractivity contribution in [2.24, 2.45) is 0 Å². The van der Waals surface area contributed by atoms with Gasteiger partial charge < -0.3 is 19.9 Å². The van der Waals surface area contributed by atoms with Crippen molar-refractivity contribution in [1.29, 1.82) is 0 Å². The Morgan fingerprint density at radius 2 is 1.82 bits per heavy atom. The summed E-state index contributed by atoms with van der Waals surface area (Å²) in [5, 5.41) is 9.48. The summed E-state index contributed by atoms with van der Waals surface area (Å²) in [6.07, 6.45) is 0. The van der Waals surface area contributed by atoms with Crippen LogP contribution in [0.15, 0.2) is 29.4 Å². The van der Waals surface area contributed by atoms with E-state index in [0.717, 1.165) is 43.6 Å². The van der Waals surface area contributed by atoms with Crippen molar-refractivity contribution < 1.29 is 9.13 Å². The number of nitrogens with zero attached hydrogens (tertiary/aromatic N) is 8. The van der Waals surface area contributed by atoms with Crippen molar-refractivity contribution in [3.8, 4) is 11.4 Å². The normalized spacial score (nSPS) is 15.5. The Kier molecular flexibility index (Phi) is 7.36. The number of hydrogen-bond acceptors (Lipinski definition) is 10. The predicted molar refractivity (Wildman–Crippen MR) is 126 cm³/mol. The SMILES string of the molecule is CC(Sc1nnc(-c2ccc(F)cc2)n1CCN1CCOCC1)c1nc(N)nc(N(C)C)n1. The second kappa shape index (κ2) is 10.4. The zero-order valence-electron chi connectivity index (χ0n) is 19.0. The maximum Gasteiger partial charge on any atom is 0.229 e. The topological polar surface area (TPSA) is 111 Å². The second-order valence-electron chi connectivity index (χ2n) is 7.93. The Morgan fingerprint density at radius 3 is 2.52 bits per heavy atom. The van der Waals surface area contributed by atoms with Crippen LogP contribution in [-0.4, -0.2) is 81.6 Å². The molecule has 0 bridgehead atoms. The van der Waals surface area contributed by atoms with E-state index in [0.29, 0.717) is 24.1 Å². The predicted octanol–water partition coefficient (Wildman–Crippen LogP) is 2.10. The third kappa shape index (κ3) is 5.75. The van der Waals surface area contributed by atoms with E-state index in [1.54, 1.807) is 17.0 Å². The maximum atomic E-state index is 13.5. The van der Waals surface area contributed by atoms with E-state index >= 15 is 0 Å². The fourth-order valence-electron chi connectivity index (χ4n) is 3.45. The van der Waals surface area contributed by atoms with Gasteiger partial charge in [-0.2, -0.15) is 15.0 Å². The zero-order chi connectivity index (χ0) is 23.4. The third-order valence-electron chi connectivity index (χ3n) is 5.27. The number of thioether (sulfide) groups is 1. The molecule has 2 aromatic heterocycles. The lowest BCUT2D eigenvalue weighted by Crippen LogP contribution is -2.38. The molecule has 176 valence electrons. The Morgan fingerprint density at radius 1 is 1.09 bits per heavy atom. The number of benzene rings is 1. The van der Waals surface area contributed by atoms with E-state index in [2.05, 4.69) is 34.6 Å². The molecule has 3 heterocycles. The molecule has 1 unspecified atom stereocenters. The van der Waals surface area contributed by atoms with E-state index in [4.69, 9.17) is 10.5 Å². The Bertz CT molecular complexity index is 1070. The van der Waals surface area contributed by atoms with Crippen LogP contribution >= 0.6 is 11.8 Å². The highest BCUT2D eigenvalue weighted by atomic mass is 32.2. The van der Waals surface area contributed by atoms with Crippen LogP contribution < -0.4 is 10.6 Å². The highest BCUT2D eigenvalue weighted by Crippen LogP contribution is 2.34. The minimum Gasteiger partial charge on any atom is -0.379 e. The van der Waals surface area contributed by atoms with Gasteiger partial charge in [-0.15, -0.1) is 10.2 Å². The molecule has 0 aliphatic carbocycles. The lowest BCUT2D eigenvalue weighted by Gasteiger charge is -2.27. The van der Waals surface area contributed by atoms with Gasteiger partial charge >= 0.3 is 0 Å². The number of nitrogen functional groups attached to an aromatic ring is 1. The minimum absolute atomic E-state index is 0.138. The summed E-state index contributed by atoms with van der Waals surface area (Å²) in [6, 6.07) is 6.31. The summed E-state index contributed by atoms with van der Waals surface area (Å²) >= 11 is 1.50. The molecule has 0 radical (unpaired) electrons. The molecule has 1 aromatic carbocycles. The first-order valence-corrected chi connectivity index (χ1v) is 11.6. The molecule has 1 atom stereocenters. The lowest BCUT2D eigenvalue weighted by molar-refractivity contribution is 0.0361. The van der Waals surface area contributed by atoms with Crippen molar-refractivity contribution in [2.75, 3.05) is 57.6 Å². The average Bonchev–Trinajstić information content (AvgIpc) is 3.20. The Hall–Kier alpha value is -2.83. The van der Waals surface area contributed by atoms with Gasteiger partial charge in [0.05, 0.1) is 18.5 Å². The molecule has 33 heavy (non-hydrogen) atoms. The molecule has 2 N–H and O–H groups in total. The van der Waals surface area contributed by atoms with E-state index in [1.165, 1.54) is 23.9 Å². The van der Waals surface area contributed by atoms with Gasteiger partial charge in [0.1, 0.15) is 11.6 Å². The number of hydrogen-bond donors (Lipinski definition) is 1. The van der Waals surface area contributed by atoms with Gasteiger partial charge in [0, 0.05) is 45.8 Å². The largest absolute Gasteiger partial charge is 0.379 e. The van der Waals surface area contributed by atoms with Crippen molar-refractivity contribution in [2.45, 2.75) is 23.9 Å². The van der Waals surface area contributed by atoms with Crippen molar-refractivity contribution in [3.05, 3.63) is 35.9 Å². The molecule has 0 saturated carbocycles. The van der Waals surface area contributed by atoms with Crippen LogP contribution in [0.3, 0.4) is 0 Å². The molecule has 1 saturated heterocycles. The number of halogens is 1. The van der Waals surface area contributed by atoms with Crippen molar-refractivity contribution in [1.82, 2.24) is 34.6 Å². The van der Waals surface area contributed by atoms with Crippen LogP contribution in [0.5, 0.6) is 0 Å². The van der Waals surface area contributed by atoms with Gasteiger partial charge in [-0.3, -0.25) is 4.90 Å². The molecule has 1 fully saturated rings. The first-order valence-electron chi connectivity index (χ1n) is 10.8. The third-order valence-corrected chi connectivity index (χ3v) is 6.34. The van der Waals surface area contributed by atoms with Crippen molar-refractivity contribution in [3.63, 3.8) is 0 Å². The van der Waals surface area contributed by atoms with Crippen LogP contribution in [0, 0.1) is 5.82 Å². The van der Waals surface area contributed by atoms with Gasteiger partial charge in [-0.05, 0) is 31.2 Å². The summed E-state index contributed by atoms with van der Waals surface area (Å²) < 4.78 is 21.0. The number of aromatic nitrogens is 6. The van der Waals surface area contributed by atoms with Crippen LogP contribution in [0.25, 0.3) is 11.4 Å². The summed E-state index contributed by atoms with van der Waals surface area (Å²) in [4.78, 5) is 17.2. The van der Waals surface area contributed by atoms with Gasteiger partial charge in [-0.25, -0.2) is 4.39 Å². The molecular weight excluding hydrogens is 445 g/mol. The summed E-state index contributed by atoms with van der Waals surface area (Å²) in [5.74, 6) is 1.66. The molecule has 0 amide bonds. The number of morpholine rings is 1. The van der Waals surface area contributed by atoms with Crippen LogP contribution in [0.2, 0.25) is 0 Å². The molecule has 10 nitrogen and oxygen atoms in total. The minimum atomic E-state index is -0.287. The van der Waals surface area contributed by atoms with Crippen LogP contribution in [0.1, 0.15) is 18.0 Å². The molecule has 0 spiro atoms. The Balaban J connectivity index is 1.60. The fourth-order valence-corrected chi connectivity index (χ4v) is 4.37. The van der Waals surface area contributed by atoms with Gasteiger partial charge in [0.2, 0.25) is 11.9 Å². The molecular formula is C21H28FN9OS. The van der Waals surface area contributed by atoms with Gasteiger partial charge in [0.15, 0.2) is 11.0 Å². The standard InChI is InChI=1S/C21H28FN9OS/c1-14(17-24-19(23)26-20(25-17)29(2)3)33-21-28-27-18(15-4-6-16(22)7-5-15)31(21)9-8-30-10-12-32-13-11-30/h4-7,14H,8-13H2,1-3H3,(H2,23,24,25,26). The van der Waals surface area contributed by atoms with E-state index in [9.17, 15) is 4.39 Å². The molecule has 4 rings (SSSR count). The molecule has 1 aliphatic rings. The molecule has 12 heteroatoms. The smallest absolute Gasteiger partial charge is 0.229 e. The summed E-state index contributed by atoms with van der Waals surface area (Å²) in [7, 11) is 3.71. The van der Waals surface area contributed by atoms with Gasteiger partial charge in [0.25, 0.3) is 0 Å². The monoisotopic (exact) mass is 473 g/mol. The van der Waals surface area contributed by atoms with Gasteiger partial charge in [-0.1, -0.05) is 11.8 Å². The first kappa shape index (κ1) is 23.3. The lowest BCUT2D eigenvalue weighted by atomic mass is 10.2. The second-order valence-corrected chi connectivity index (χ2v) is 9.23. The van der Waals surface area contributed by atoms with E-state index in [1.807, 2.05) is 21.0 Å². The van der Waals surface area contributed by atoms with Crippen LogP contribution in [0.4, 0.5) is 16.3 Å². The maximum absolute atomic E-state index is 13.5. The summed E-state index contributed by atoms with van der Waals surface area (Å²) in [5.41, 5.74) is 6.71. The van der Waals surface area contributed by atoms with Crippen molar-refractivity contribution >= 4 is 23.7 Å². The highest BCUT2D eigenvalue weighted by molar-refractivity contribution is 7.99.